The molecular weight excluding hydrogens is 200 g/mol. The second-order valence-electron chi connectivity index (χ2n) is 2.75. The van der Waals surface area contributed by atoms with Crippen molar-refractivity contribution in [1.82, 2.24) is 0 Å². The van der Waals surface area contributed by atoms with E-state index < -0.39 is 29.4 Å². The lowest BCUT2D eigenvalue weighted by Crippen LogP contribution is -2.11. The number of hydrogen-bond acceptors (Lipinski definition) is 1. The van der Waals surface area contributed by atoms with Gasteiger partial charge in [-0.3, -0.25) is 4.79 Å². The van der Waals surface area contributed by atoms with Crippen LogP contribution in [0, 0.1) is 18.6 Å². The normalized spacial score (nSPS) is 10.7. The van der Waals surface area contributed by atoms with Crippen molar-refractivity contribution in [2.75, 3.05) is 0 Å². The largest absolute Gasteiger partial charge is 0.300 e. The summed E-state index contributed by atoms with van der Waals surface area (Å²) in [5, 5.41) is 0. The summed E-state index contributed by atoms with van der Waals surface area (Å²) in [5.74, 6) is -3.93. The Bertz CT molecular complexity index is 350. The topological polar surface area (TPSA) is 17.1 Å². The van der Waals surface area contributed by atoms with E-state index in [9.17, 15) is 22.4 Å². The van der Waals surface area contributed by atoms with Crippen molar-refractivity contribution < 1.29 is 22.4 Å². The number of halogens is 4. The quantitative estimate of drug-likeness (QED) is 0.537. The Kier molecular flexibility index (Phi) is 2.88. The highest BCUT2D eigenvalue weighted by atomic mass is 19.3. The zero-order valence-corrected chi connectivity index (χ0v) is 7.15. The molecule has 0 saturated heterocycles. The van der Waals surface area contributed by atoms with Gasteiger partial charge in [0.05, 0.1) is 0 Å². The van der Waals surface area contributed by atoms with Gasteiger partial charge in [0.15, 0.2) is 11.6 Å². The second kappa shape index (κ2) is 3.77. The number of rotatable bonds is 2. The standard InChI is InChI=1S/C9H6F4O/c1-4-2-5(8(14)9(12)13)3-6(10)7(4)11/h2-3,9H,1H3. The maximum absolute atomic E-state index is 12.7. The number of hydrogen-bond donors (Lipinski definition) is 0. The summed E-state index contributed by atoms with van der Waals surface area (Å²) in [6, 6.07) is 1.36. The minimum atomic E-state index is -3.21. The van der Waals surface area contributed by atoms with Crippen LogP contribution in [0.5, 0.6) is 0 Å². The average molecular weight is 206 g/mol. The van der Waals surface area contributed by atoms with Gasteiger partial charge in [-0.25, -0.2) is 17.6 Å². The second-order valence-corrected chi connectivity index (χ2v) is 2.75. The summed E-state index contributed by atoms with van der Waals surface area (Å²) in [5.41, 5.74) is -0.689. The van der Waals surface area contributed by atoms with E-state index in [4.69, 9.17) is 0 Å². The average Bonchev–Trinajstić information content (AvgIpc) is 2.12. The molecule has 0 N–H and O–H groups in total. The lowest BCUT2D eigenvalue weighted by Gasteiger charge is -2.03. The van der Waals surface area contributed by atoms with Crippen molar-refractivity contribution >= 4 is 5.78 Å². The van der Waals surface area contributed by atoms with Crippen LogP contribution in [0.1, 0.15) is 15.9 Å². The molecule has 0 radical (unpaired) electrons. The smallest absolute Gasteiger partial charge is 0.288 e. The van der Waals surface area contributed by atoms with Crippen LogP contribution in [-0.4, -0.2) is 12.2 Å². The Morgan fingerprint density at radius 2 is 1.86 bits per heavy atom. The molecule has 1 nitrogen and oxygen atoms in total. The summed E-state index contributed by atoms with van der Waals surface area (Å²) < 4.78 is 49.2. The Morgan fingerprint density at radius 3 is 2.29 bits per heavy atom. The highest BCUT2D eigenvalue weighted by Crippen LogP contribution is 2.16. The van der Waals surface area contributed by atoms with Gasteiger partial charge in [0.2, 0.25) is 5.78 Å². The number of aryl methyl sites for hydroxylation is 1. The van der Waals surface area contributed by atoms with Crippen LogP contribution < -0.4 is 0 Å². The molecule has 0 spiro atoms. The summed E-state index contributed by atoms with van der Waals surface area (Å²) in [7, 11) is 0. The molecule has 0 amide bonds. The van der Waals surface area contributed by atoms with Gasteiger partial charge in [-0.2, -0.15) is 0 Å². The molecule has 76 valence electrons. The van der Waals surface area contributed by atoms with E-state index in [0.717, 1.165) is 6.07 Å². The first-order chi connectivity index (χ1) is 6.43. The first-order valence-electron chi connectivity index (χ1n) is 3.71. The SMILES string of the molecule is Cc1cc(C(=O)C(F)F)cc(F)c1F. The maximum Gasteiger partial charge on any atom is 0.300 e. The number of ketones is 1. The van der Waals surface area contributed by atoms with Crippen molar-refractivity contribution in [2.24, 2.45) is 0 Å². The number of Topliss-reactive ketones (excluding diaryl/α,β-unsaturated/α-hetero) is 1. The van der Waals surface area contributed by atoms with Gasteiger partial charge in [-0.15, -0.1) is 0 Å². The summed E-state index contributed by atoms with van der Waals surface area (Å²) >= 11 is 0. The van der Waals surface area contributed by atoms with Gasteiger partial charge < -0.3 is 0 Å². The van der Waals surface area contributed by atoms with Gasteiger partial charge in [-0.05, 0) is 24.6 Å². The Labute approximate surface area is 77.3 Å². The van der Waals surface area contributed by atoms with Gasteiger partial charge in [-0.1, -0.05) is 0 Å². The number of alkyl halides is 2. The van der Waals surface area contributed by atoms with Crippen LogP contribution in [0.2, 0.25) is 0 Å². The monoisotopic (exact) mass is 206 g/mol. The fourth-order valence-corrected chi connectivity index (χ4v) is 0.995. The van der Waals surface area contributed by atoms with Crippen LogP contribution >= 0.6 is 0 Å². The molecular formula is C9H6F4O. The molecule has 0 aliphatic carbocycles. The molecule has 1 aromatic rings. The van der Waals surface area contributed by atoms with Crippen molar-refractivity contribution in [3.05, 3.63) is 34.9 Å². The van der Waals surface area contributed by atoms with Crippen LogP contribution in [-0.2, 0) is 0 Å². The van der Waals surface area contributed by atoms with Crippen molar-refractivity contribution in [2.45, 2.75) is 13.3 Å². The predicted octanol–water partition coefficient (Wildman–Crippen LogP) is 2.72. The first kappa shape index (κ1) is 10.7. The molecule has 1 rings (SSSR count). The summed E-state index contributed by atoms with van der Waals surface area (Å²) in [4.78, 5) is 10.7. The molecule has 0 fully saturated rings. The summed E-state index contributed by atoms with van der Waals surface area (Å²) in [6.45, 7) is 1.20. The molecule has 5 heteroatoms. The van der Waals surface area contributed by atoms with Gasteiger partial charge in [0.25, 0.3) is 0 Å². The van der Waals surface area contributed by atoms with E-state index in [0.29, 0.717) is 6.07 Å². The van der Waals surface area contributed by atoms with E-state index in [-0.39, 0.29) is 5.56 Å². The Balaban J connectivity index is 3.19. The van der Waals surface area contributed by atoms with Crippen molar-refractivity contribution in [3.63, 3.8) is 0 Å². The summed E-state index contributed by atoms with van der Waals surface area (Å²) in [6.07, 6.45) is -3.21. The van der Waals surface area contributed by atoms with Crippen LogP contribution in [0.4, 0.5) is 17.6 Å². The fraction of sp³-hybridized carbons (Fsp3) is 0.222. The molecule has 0 bridgehead atoms. The molecule has 0 heterocycles. The van der Waals surface area contributed by atoms with Crippen molar-refractivity contribution in [3.8, 4) is 0 Å². The molecule has 1 aromatic carbocycles. The Morgan fingerprint density at radius 1 is 1.29 bits per heavy atom. The van der Waals surface area contributed by atoms with E-state index in [1.165, 1.54) is 6.92 Å². The molecule has 0 aliphatic rings. The maximum atomic E-state index is 12.7. The lowest BCUT2D eigenvalue weighted by molar-refractivity contribution is 0.0678. The zero-order chi connectivity index (χ0) is 10.9. The number of carbonyl (C=O) groups is 1. The van der Waals surface area contributed by atoms with Gasteiger partial charge in [0, 0.05) is 5.56 Å². The van der Waals surface area contributed by atoms with Crippen LogP contribution in [0.15, 0.2) is 12.1 Å². The number of benzene rings is 1. The highest BCUT2D eigenvalue weighted by molar-refractivity contribution is 5.98. The third kappa shape index (κ3) is 1.92. The first-order valence-corrected chi connectivity index (χ1v) is 3.71. The Hall–Kier alpha value is -1.39. The third-order valence-electron chi connectivity index (χ3n) is 1.69. The van der Waals surface area contributed by atoms with Crippen molar-refractivity contribution in [1.29, 1.82) is 0 Å². The third-order valence-corrected chi connectivity index (χ3v) is 1.69. The van der Waals surface area contributed by atoms with Gasteiger partial charge >= 0.3 is 6.43 Å². The van der Waals surface area contributed by atoms with E-state index >= 15 is 0 Å². The highest BCUT2D eigenvalue weighted by Gasteiger charge is 2.20. The van der Waals surface area contributed by atoms with E-state index in [2.05, 4.69) is 0 Å². The molecule has 0 unspecified atom stereocenters. The lowest BCUT2D eigenvalue weighted by atomic mass is 10.1. The zero-order valence-electron chi connectivity index (χ0n) is 7.15. The molecule has 14 heavy (non-hydrogen) atoms. The van der Waals surface area contributed by atoms with Crippen LogP contribution in [0.25, 0.3) is 0 Å². The fourth-order valence-electron chi connectivity index (χ4n) is 0.995. The molecule has 0 atom stereocenters. The van der Waals surface area contributed by atoms with Gasteiger partial charge in [0.1, 0.15) is 0 Å². The molecule has 0 aromatic heterocycles. The van der Waals surface area contributed by atoms with Crippen LogP contribution in [0.3, 0.4) is 0 Å². The van der Waals surface area contributed by atoms with E-state index in [1.807, 2.05) is 0 Å². The minimum Gasteiger partial charge on any atom is -0.288 e. The molecule has 0 saturated carbocycles. The number of carbonyl (C=O) groups excluding carboxylic acids is 1. The molecule has 0 aliphatic heterocycles. The predicted molar refractivity (Wildman–Crippen MR) is 41.4 cm³/mol. The minimum absolute atomic E-state index is 0.172. The van der Waals surface area contributed by atoms with E-state index in [1.54, 1.807) is 0 Å².